The number of urea groups is 1. The van der Waals surface area contributed by atoms with Crippen LogP contribution in [0.3, 0.4) is 0 Å². The third kappa shape index (κ3) is 5.23. The van der Waals surface area contributed by atoms with Crippen LogP contribution in [0.1, 0.15) is 11.4 Å². The van der Waals surface area contributed by atoms with E-state index in [0.717, 1.165) is 0 Å². The van der Waals surface area contributed by atoms with Crippen molar-refractivity contribution in [3.63, 3.8) is 0 Å². The quantitative estimate of drug-likeness (QED) is 0.713. The molecule has 0 radical (unpaired) electrons. The van der Waals surface area contributed by atoms with Gasteiger partial charge in [0.2, 0.25) is 5.95 Å². The summed E-state index contributed by atoms with van der Waals surface area (Å²) in [6.07, 6.45) is 0. The average Bonchev–Trinajstić information content (AvgIpc) is 2.58. The third-order valence-corrected chi connectivity index (χ3v) is 4.66. The van der Waals surface area contributed by atoms with Gasteiger partial charge in [0.25, 0.3) is 10.0 Å². The summed E-state index contributed by atoms with van der Waals surface area (Å²) in [6, 6.07) is 3.32. The van der Waals surface area contributed by atoms with Crippen LogP contribution in [0.15, 0.2) is 23.1 Å². The van der Waals surface area contributed by atoms with Crippen molar-refractivity contribution in [2.45, 2.75) is 18.7 Å². The highest BCUT2D eigenvalue weighted by molar-refractivity contribution is 7.90. The summed E-state index contributed by atoms with van der Waals surface area (Å²) in [7, 11) is -2.98. The van der Waals surface area contributed by atoms with Gasteiger partial charge in [0.05, 0.1) is 7.11 Å². The minimum absolute atomic E-state index is 0.0403. The van der Waals surface area contributed by atoms with E-state index in [1.54, 1.807) is 13.0 Å². The van der Waals surface area contributed by atoms with Crippen LogP contribution < -0.4 is 19.5 Å². The molecule has 10 nitrogen and oxygen atoms in total. The summed E-state index contributed by atoms with van der Waals surface area (Å²) in [5, 5.41) is 2.19. The Labute approximate surface area is 155 Å². The fourth-order valence-electron chi connectivity index (χ4n) is 2.14. The number of carbonyl (C=O) groups excluding carboxylic acids is 1. The number of aromatic nitrogens is 3. The number of nitrogens with zero attached hydrogens (tertiary/aromatic N) is 3. The number of nitrogens with one attached hydrogen (secondary N) is 2. The molecular formula is C15H18FN5O5S. The second-order valence-electron chi connectivity index (χ2n) is 5.19. The summed E-state index contributed by atoms with van der Waals surface area (Å²) in [5.74, 6) is 0.0113. The Hall–Kier alpha value is -3.02. The van der Waals surface area contributed by atoms with Gasteiger partial charge in [-0.05, 0) is 25.5 Å². The molecule has 12 heteroatoms. The van der Waals surface area contributed by atoms with Crippen LogP contribution in [0.2, 0.25) is 0 Å². The molecule has 0 spiro atoms. The Balaban J connectivity index is 2.24. The SMILES string of the molecule is COc1nc(C)nc(NC(=O)NS(=O)(=O)c2c(C)cccc2OCCF)n1. The number of ether oxygens (including phenoxy) is 2. The number of amides is 2. The summed E-state index contributed by atoms with van der Waals surface area (Å²) in [4.78, 5) is 23.3. The van der Waals surface area contributed by atoms with Gasteiger partial charge in [-0.15, -0.1) is 0 Å². The van der Waals surface area contributed by atoms with Gasteiger partial charge in [0.1, 0.15) is 29.8 Å². The van der Waals surface area contributed by atoms with Crippen molar-refractivity contribution >= 4 is 22.0 Å². The monoisotopic (exact) mass is 399 g/mol. The predicted molar refractivity (Wildman–Crippen MR) is 93.1 cm³/mol. The highest BCUT2D eigenvalue weighted by Crippen LogP contribution is 2.27. The van der Waals surface area contributed by atoms with Crippen molar-refractivity contribution in [3.8, 4) is 11.8 Å². The number of rotatable bonds is 7. The summed E-state index contributed by atoms with van der Waals surface area (Å²) in [5.41, 5.74) is 0.323. The normalized spacial score (nSPS) is 11.0. The topological polar surface area (TPSA) is 132 Å². The van der Waals surface area contributed by atoms with Gasteiger partial charge in [-0.3, -0.25) is 5.32 Å². The van der Waals surface area contributed by atoms with E-state index in [1.165, 1.54) is 26.2 Å². The van der Waals surface area contributed by atoms with Crippen LogP contribution in [-0.4, -0.2) is 49.8 Å². The van der Waals surface area contributed by atoms with E-state index in [2.05, 4.69) is 20.3 Å². The van der Waals surface area contributed by atoms with Crippen LogP contribution in [0.4, 0.5) is 15.1 Å². The molecular weight excluding hydrogens is 381 g/mol. The molecule has 1 aromatic carbocycles. The molecule has 0 fully saturated rings. The molecule has 0 aliphatic rings. The number of anilines is 1. The molecule has 0 saturated carbocycles. The molecule has 0 bridgehead atoms. The zero-order valence-electron chi connectivity index (χ0n) is 14.8. The molecule has 2 rings (SSSR count). The fraction of sp³-hybridized carbons (Fsp3) is 0.333. The van der Waals surface area contributed by atoms with E-state index in [1.807, 2.05) is 4.72 Å². The molecule has 2 N–H and O–H groups in total. The van der Waals surface area contributed by atoms with Crippen LogP contribution in [-0.2, 0) is 10.0 Å². The molecule has 0 unspecified atom stereocenters. The Bertz CT molecular complexity index is 938. The Morgan fingerprint density at radius 3 is 2.63 bits per heavy atom. The number of hydrogen-bond acceptors (Lipinski definition) is 8. The van der Waals surface area contributed by atoms with E-state index in [4.69, 9.17) is 9.47 Å². The number of carbonyl (C=O) groups is 1. The van der Waals surface area contributed by atoms with E-state index in [0.29, 0.717) is 5.56 Å². The highest BCUT2D eigenvalue weighted by Gasteiger charge is 2.25. The second-order valence-corrected chi connectivity index (χ2v) is 6.81. The maximum absolute atomic E-state index is 12.6. The van der Waals surface area contributed by atoms with Gasteiger partial charge in [0.15, 0.2) is 0 Å². The van der Waals surface area contributed by atoms with E-state index in [9.17, 15) is 17.6 Å². The van der Waals surface area contributed by atoms with Crippen molar-refractivity contribution < 1.29 is 27.1 Å². The van der Waals surface area contributed by atoms with Gasteiger partial charge in [0, 0.05) is 0 Å². The number of methoxy groups -OCH3 is 1. The third-order valence-electron chi connectivity index (χ3n) is 3.14. The van der Waals surface area contributed by atoms with Crippen molar-refractivity contribution in [1.29, 1.82) is 0 Å². The first-order valence-electron chi connectivity index (χ1n) is 7.65. The highest BCUT2D eigenvalue weighted by atomic mass is 32.2. The number of halogens is 1. The lowest BCUT2D eigenvalue weighted by Gasteiger charge is -2.14. The number of benzene rings is 1. The first kappa shape index (κ1) is 20.3. The minimum Gasteiger partial charge on any atom is -0.489 e. The minimum atomic E-state index is -4.31. The number of aryl methyl sites for hydroxylation is 2. The van der Waals surface area contributed by atoms with Gasteiger partial charge in [-0.25, -0.2) is 22.3 Å². The standard InChI is InChI=1S/C15H18FN5O5S/c1-9-5-4-6-11(26-8-7-16)12(9)27(23,24)21-14(22)19-13-17-10(2)18-15(20-13)25-3/h4-6H,7-8H2,1-3H3,(H2,17,18,19,20,21,22). The van der Waals surface area contributed by atoms with E-state index in [-0.39, 0.29) is 35.0 Å². The molecule has 1 aromatic heterocycles. The molecule has 1 heterocycles. The number of alkyl halides is 1. The largest absolute Gasteiger partial charge is 0.489 e. The lowest BCUT2D eigenvalue weighted by atomic mass is 10.2. The average molecular weight is 399 g/mol. The molecule has 0 aliphatic carbocycles. The van der Waals surface area contributed by atoms with Crippen LogP contribution in [0.5, 0.6) is 11.8 Å². The van der Waals surface area contributed by atoms with E-state index < -0.39 is 22.7 Å². The van der Waals surface area contributed by atoms with Crippen molar-refractivity contribution in [2.24, 2.45) is 0 Å². The zero-order valence-corrected chi connectivity index (χ0v) is 15.6. The molecule has 146 valence electrons. The predicted octanol–water partition coefficient (Wildman–Crippen LogP) is 1.36. The van der Waals surface area contributed by atoms with Gasteiger partial charge < -0.3 is 9.47 Å². The lowest BCUT2D eigenvalue weighted by Crippen LogP contribution is -2.35. The molecule has 0 saturated heterocycles. The van der Waals surface area contributed by atoms with Crippen LogP contribution in [0.25, 0.3) is 0 Å². The van der Waals surface area contributed by atoms with Gasteiger partial charge >= 0.3 is 12.0 Å². The molecule has 2 aromatic rings. The first-order valence-corrected chi connectivity index (χ1v) is 9.14. The molecule has 0 aliphatic heterocycles. The van der Waals surface area contributed by atoms with Gasteiger partial charge in [-0.2, -0.15) is 15.0 Å². The van der Waals surface area contributed by atoms with Crippen molar-refractivity contribution in [2.75, 3.05) is 25.7 Å². The summed E-state index contributed by atoms with van der Waals surface area (Å²) in [6.45, 7) is 1.96. The maximum Gasteiger partial charge on any atom is 0.335 e. The Morgan fingerprint density at radius 2 is 1.96 bits per heavy atom. The van der Waals surface area contributed by atoms with Crippen molar-refractivity contribution in [1.82, 2.24) is 19.7 Å². The first-order chi connectivity index (χ1) is 12.8. The molecule has 0 atom stereocenters. The lowest BCUT2D eigenvalue weighted by molar-refractivity contribution is 0.256. The molecule has 27 heavy (non-hydrogen) atoms. The number of hydrogen-bond donors (Lipinski definition) is 2. The summed E-state index contributed by atoms with van der Waals surface area (Å²) < 4.78 is 49.4. The smallest absolute Gasteiger partial charge is 0.335 e. The Morgan fingerprint density at radius 1 is 1.22 bits per heavy atom. The fourth-order valence-corrected chi connectivity index (χ4v) is 3.42. The maximum atomic E-state index is 12.6. The van der Waals surface area contributed by atoms with Gasteiger partial charge in [-0.1, -0.05) is 12.1 Å². The summed E-state index contributed by atoms with van der Waals surface area (Å²) >= 11 is 0. The number of sulfonamides is 1. The zero-order chi connectivity index (χ0) is 20.0. The molecule has 2 amide bonds. The second kappa shape index (κ2) is 8.58. The van der Waals surface area contributed by atoms with Crippen LogP contribution >= 0.6 is 0 Å². The van der Waals surface area contributed by atoms with E-state index >= 15 is 0 Å². The Kier molecular flexibility index (Phi) is 6.45. The van der Waals surface area contributed by atoms with Crippen molar-refractivity contribution in [3.05, 3.63) is 29.6 Å². The van der Waals surface area contributed by atoms with Crippen LogP contribution in [0, 0.1) is 13.8 Å².